The maximum atomic E-state index is 11.9. The molecule has 0 spiro atoms. The summed E-state index contributed by atoms with van der Waals surface area (Å²) in [6.45, 7) is 3.72. The molecule has 2 heterocycles. The highest BCUT2D eigenvalue weighted by atomic mass is 16.2. The van der Waals surface area contributed by atoms with Crippen molar-refractivity contribution in [2.75, 3.05) is 18.4 Å². The van der Waals surface area contributed by atoms with E-state index in [1.54, 1.807) is 12.4 Å². The molecule has 6 heteroatoms. The number of urea groups is 1. The van der Waals surface area contributed by atoms with Crippen molar-refractivity contribution in [2.24, 2.45) is 0 Å². The fourth-order valence-electron chi connectivity index (χ4n) is 2.97. The van der Waals surface area contributed by atoms with Gasteiger partial charge in [0.2, 0.25) is 0 Å². The van der Waals surface area contributed by atoms with Gasteiger partial charge in [-0.3, -0.25) is 4.90 Å². The Morgan fingerprint density at radius 1 is 1.29 bits per heavy atom. The number of carbonyl (C=O) groups excluding carboxylic acids is 1. The lowest BCUT2D eigenvalue weighted by atomic mass is 10.0. The van der Waals surface area contributed by atoms with E-state index in [1.165, 1.54) is 38.6 Å². The van der Waals surface area contributed by atoms with Gasteiger partial charge in [-0.15, -0.1) is 0 Å². The summed E-state index contributed by atoms with van der Waals surface area (Å²) in [7, 11) is 0. The molecule has 1 aromatic heterocycles. The van der Waals surface area contributed by atoms with Crippen LogP contribution in [0.4, 0.5) is 10.5 Å². The molecule has 1 saturated heterocycles. The maximum Gasteiger partial charge on any atom is 0.319 e. The lowest BCUT2D eigenvalue weighted by Gasteiger charge is -2.35. The smallest absolute Gasteiger partial charge is 0.319 e. The first-order valence-corrected chi connectivity index (χ1v) is 7.81. The fraction of sp³-hybridized carbons (Fsp3) is 0.667. The van der Waals surface area contributed by atoms with E-state index in [2.05, 4.69) is 25.5 Å². The Morgan fingerprint density at radius 3 is 2.76 bits per heavy atom. The summed E-state index contributed by atoms with van der Waals surface area (Å²) >= 11 is 0. The van der Waals surface area contributed by atoms with Gasteiger partial charge in [0.1, 0.15) is 5.82 Å². The van der Waals surface area contributed by atoms with Crippen molar-refractivity contribution in [1.82, 2.24) is 20.2 Å². The van der Waals surface area contributed by atoms with Gasteiger partial charge >= 0.3 is 6.03 Å². The van der Waals surface area contributed by atoms with Crippen LogP contribution < -0.4 is 10.6 Å². The van der Waals surface area contributed by atoms with Crippen molar-refractivity contribution in [1.29, 1.82) is 0 Å². The van der Waals surface area contributed by atoms with Crippen LogP contribution in [0.3, 0.4) is 0 Å². The van der Waals surface area contributed by atoms with Crippen LogP contribution in [0.15, 0.2) is 12.4 Å². The molecule has 114 valence electrons. The van der Waals surface area contributed by atoms with E-state index in [4.69, 9.17) is 0 Å². The first-order valence-electron chi connectivity index (χ1n) is 7.81. The van der Waals surface area contributed by atoms with E-state index in [1.807, 2.05) is 6.92 Å². The summed E-state index contributed by atoms with van der Waals surface area (Å²) in [4.78, 5) is 22.6. The quantitative estimate of drug-likeness (QED) is 0.888. The molecule has 1 aromatic rings. The van der Waals surface area contributed by atoms with Crippen molar-refractivity contribution in [3.05, 3.63) is 18.2 Å². The van der Waals surface area contributed by atoms with E-state index in [0.29, 0.717) is 17.6 Å². The fourth-order valence-corrected chi connectivity index (χ4v) is 2.97. The minimum absolute atomic E-state index is 0.177. The minimum Gasteiger partial charge on any atom is -0.336 e. The van der Waals surface area contributed by atoms with Gasteiger partial charge in [0, 0.05) is 18.6 Å². The first kappa shape index (κ1) is 14.3. The monoisotopic (exact) mass is 289 g/mol. The van der Waals surface area contributed by atoms with E-state index in [9.17, 15) is 4.79 Å². The van der Waals surface area contributed by atoms with Crippen LogP contribution in [0.1, 0.15) is 37.9 Å². The van der Waals surface area contributed by atoms with Gasteiger partial charge in [0.15, 0.2) is 0 Å². The average Bonchev–Trinajstić information content (AvgIpc) is 3.32. The number of likely N-dealkylation sites (tertiary alicyclic amines) is 1. The Morgan fingerprint density at radius 2 is 2.05 bits per heavy atom. The number of piperidine rings is 1. The zero-order valence-electron chi connectivity index (χ0n) is 12.5. The summed E-state index contributed by atoms with van der Waals surface area (Å²) < 4.78 is 0. The van der Waals surface area contributed by atoms with E-state index < -0.39 is 0 Å². The number of nitrogens with zero attached hydrogens (tertiary/aromatic N) is 3. The Labute approximate surface area is 125 Å². The summed E-state index contributed by atoms with van der Waals surface area (Å²) in [5, 5.41) is 5.76. The maximum absolute atomic E-state index is 11.9. The number of carbonyl (C=O) groups is 1. The summed E-state index contributed by atoms with van der Waals surface area (Å²) in [5.74, 6) is 0.697. The van der Waals surface area contributed by atoms with Crippen LogP contribution in [0.5, 0.6) is 0 Å². The summed E-state index contributed by atoms with van der Waals surface area (Å²) in [5.41, 5.74) is 0.626. The normalized spacial score (nSPS) is 22.8. The molecule has 1 atom stereocenters. The van der Waals surface area contributed by atoms with Crippen LogP contribution in [-0.4, -0.2) is 46.1 Å². The molecule has 2 amide bonds. The Bertz CT molecular complexity index is 485. The zero-order valence-corrected chi connectivity index (χ0v) is 12.5. The molecule has 1 saturated carbocycles. The number of nitrogens with one attached hydrogen (secondary N) is 2. The Balaban J connectivity index is 1.47. The van der Waals surface area contributed by atoms with Crippen LogP contribution in [0.2, 0.25) is 0 Å². The van der Waals surface area contributed by atoms with Gasteiger partial charge in [-0.1, -0.05) is 6.42 Å². The lowest BCUT2D eigenvalue weighted by molar-refractivity contribution is 0.138. The molecule has 3 rings (SSSR count). The highest BCUT2D eigenvalue weighted by Crippen LogP contribution is 2.32. The molecular formula is C15H23N5O. The molecule has 6 nitrogen and oxygen atoms in total. The van der Waals surface area contributed by atoms with Crippen LogP contribution in [-0.2, 0) is 0 Å². The second-order valence-electron chi connectivity index (χ2n) is 5.97. The summed E-state index contributed by atoms with van der Waals surface area (Å²) in [6, 6.07) is 1.08. The number of hydrogen-bond acceptors (Lipinski definition) is 4. The van der Waals surface area contributed by atoms with E-state index in [-0.39, 0.29) is 6.03 Å². The molecular weight excluding hydrogens is 266 g/mol. The molecule has 0 radical (unpaired) electrons. The number of hydrogen-bond donors (Lipinski definition) is 2. The first-order chi connectivity index (χ1) is 10.2. The number of aryl methyl sites for hydroxylation is 1. The number of amides is 2. The van der Waals surface area contributed by atoms with Crippen LogP contribution in [0, 0.1) is 6.92 Å². The SMILES string of the molecule is Cc1ncc(NC(=O)NCC2CCCCN2C2CC2)cn1. The van der Waals surface area contributed by atoms with Gasteiger partial charge in [-0.05, 0) is 39.2 Å². The van der Waals surface area contributed by atoms with Gasteiger partial charge < -0.3 is 10.6 Å². The lowest BCUT2D eigenvalue weighted by Crippen LogP contribution is -2.48. The van der Waals surface area contributed by atoms with Crippen molar-refractivity contribution >= 4 is 11.7 Å². The van der Waals surface area contributed by atoms with Crippen molar-refractivity contribution in [3.63, 3.8) is 0 Å². The van der Waals surface area contributed by atoms with Gasteiger partial charge in [-0.2, -0.15) is 0 Å². The van der Waals surface area contributed by atoms with Crippen molar-refractivity contribution in [2.45, 2.75) is 51.1 Å². The highest BCUT2D eigenvalue weighted by Gasteiger charge is 2.35. The average molecular weight is 289 g/mol. The third kappa shape index (κ3) is 3.91. The van der Waals surface area contributed by atoms with Crippen molar-refractivity contribution < 1.29 is 4.79 Å². The number of anilines is 1. The van der Waals surface area contributed by atoms with E-state index in [0.717, 1.165) is 12.6 Å². The predicted octanol–water partition coefficient (Wildman–Crippen LogP) is 1.92. The highest BCUT2D eigenvalue weighted by molar-refractivity contribution is 5.88. The minimum atomic E-state index is -0.177. The number of rotatable bonds is 4. The Hall–Kier alpha value is -1.69. The second kappa shape index (κ2) is 6.39. The van der Waals surface area contributed by atoms with Gasteiger partial charge in [0.05, 0.1) is 18.1 Å². The molecule has 2 aliphatic rings. The van der Waals surface area contributed by atoms with Crippen LogP contribution in [0.25, 0.3) is 0 Å². The number of aromatic nitrogens is 2. The molecule has 1 unspecified atom stereocenters. The molecule has 1 aliphatic heterocycles. The largest absolute Gasteiger partial charge is 0.336 e. The predicted molar refractivity (Wildman–Crippen MR) is 81.2 cm³/mol. The molecule has 21 heavy (non-hydrogen) atoms. The summed E-state index contributed by atoms with van der Waals surface area (Å²) in [6.07, 6.45) is 9.64. The Kier molecular flexibility index (Phi) is 4.34. The third-order valence-electron chi connectivity index (χ3n) is 4.23. The van der Waals surface area contributed by atoms with Crippen molar-refractivity contribution in [3.8, 4) is 0 Å². The topological polar surface area (TPSA) is 70.2 Å². The molecule has 1 aliphatic carbocycles. The second-order valence-corrected chi connectivity index (χ2v) is 5.97. The van der Waals surface area contributed by atoms with E-state index >= 15 is 0 Å². The molecule has 2 N–H and O–H groups in total. The molecule has 0 aromatic carbocycles. The van der Waals surface area contributed by atoms with Gasteiger partial charge in [-0.25, -0.2) is 14.8 Å². The molecule has 2 fully saturated rings. The van der Waals surface area contributed by atoms with Gasteiger partial charge in [0.25, 0.3) is 0 Å². The zero-order chi connectivity index (χ0) is 14.7. The van der Waals surface area contributed by atoms with Crippen LogP contribution >= 0.6 is 0 Å². The third-order valence-corrected chi connectivity index (χ3v) is 4.23. The molecule has 0 bridgehead atoms. The standard InChI is InChI=1S/C15H23N5O/c1-11-16-8-12(9-17-11)19-15(21)18-10-14-4-2-3-7-20(14)13-5-6-13/h8-9,13-14H,2-7,10H2,1H3,(H2,18,19,21).